The van der Waals surface area contributed by atoms with Gasteiger partial charge in [-0.3, -0.25) is 4.72 Å². The van der Waals surface area contributed by atoms with Gasteiger partial charge in [0.15, 0.2) is 0 Å². The van der Waals surface area contributed by atoms with Crippen LogP contribution in [-0.2, 0) is 10.0 Å². The number of hydrogen-bond donors (Lipinski definition) is 1. The molecule has 0 radical (unpaired) electrons. The van der Waals surface area contributed by atoms with Crippen molar-refractivity contribution in [2.75, 3.05) is 50.0 Å². The molecule has 0 amide bonds. The van der Waals surface area contributed by atoms with Crippen molar-refractivity contribution in [2.45, 2.75) is 4.90 Å². The Hall–Kier alpha value is -1.77. The fourth-order valence-corrected chi connectivity index (χ4v) is 4.19. The van der Waals surface area contributed by atoms with Gasteiger partial charge in [-0.05, 0) is 49.5 Å². The van der Waals surface area contributed by atoms with Gasteiger partial charge in [0.25, 0.3) is 10.0 Å². The molecule has 1 N–H and O–H groups in total. The zero-order valence-corrected chi connectivity index (χ0v) is 17.2. The molecular weight excluding hydrogens is 418 g/mol. The summed E-state index contributed by atoms with van der Waals surface area (Å²) in [6, 6.07) is 11.9. The lowest BCUT2D eigenvalue weighted by molar-refractivity contribution is 0.311. The van der Waals surface area contributed by atoms with E-state index in [-0.39, 0.29) is 4.90 Å². The molecule has 0 aliphatic carbocycles. The number of sulfonamides is 1. The van der Waals surface area contributed by atoms with Gasteiger partial charge in [0.1, 0.15) is 5.75 Å². The van der Waals surface area contributed by atoms with E-state index < -0.39 is 10.0 Å². The Morgan fingerprint density at radius 1 is 1.04 bits per heavy atom. The molecule has 3 rings (SSSR count). The Morgan fingerprint density at radius 3 is 2.31 bits per heavy atom. The predicted molar refractivity (Wildman–Crippen MR) is 108 cm³/mol. The number of halogens is 1. The molecule has 1 aliphatic rings. The SMILES string of the molecule is COc1ccc(NS(=O)(=O)c2ccc(Br)cc2)cc1N1CCN(C)CC1. The second-order valence-electron chi connectivity index (χ2n) is 6.24. The van der Waals surface area contributed by atoms with Crippen LogP contribution in [-0.4, -0.2) is 53.7 Å². The first-order valence-electron chi connectivity index (χ1n) is 8.29. The summed E-state index contributed by atoms with van der Waals surface area (Å²) in [6.45, 7) is 3.65. The number of rotatable bonds is 5. The van der Waals surface area contributed by atoms with Crippen molar-refractivity contribution >= 4 is 37.3 Å². The molecule has 0 aromatic heterocycles. The van der Waals surface area contributed by atoms with E-state index in [0.717, 1.165) is 42.1 Å². The van der Waals surface area contributed by atoms with Crippen molar-refractivity contribution < 1.29 is 13.2 Å². The zero-order valence-electron chi connectivity index (χ0n) is 14.8. The van der Waals surface area contributed by atoms with Crippen molar-refractivity contribution in [3.8, 4) is 5.75 Å². The number of methoxy groups -OCH3 is 1. The van der Waals surface area contributed by atoms with Gasteiger partial charge in [0.05, 0.1) is 23.4 Å². The fraction of sp³-hybridized carbons (Fsp3) is 0.333. The Bertz CT molecular complexity index is 864. The van der Waals surface area contributed by atoms with Crippen LogP contribution in [0.25, 0.3) is 0 Å². The van der Waals surface area contributed by atoms with E-state index in [9.17, 15) is 8.42 Å². The number of benzene rings is 2. The minimum absolute atomic E-state index is 0.220. The number of piperazine rings is 1. The maximum absolute atomic E-state index is 12.6. The summed E-state index contributed by atoms with van der Waals surface area (Å²) in [5.41, 5.74) is 1.42. The monoisotopic (exact) mass is 439 g/mol. The third kappa shape index (κ3) is 4.31. The number of nitrogens with zero attached hydrogens (tertiary/aromatic N) is 2. The summed E-state index contributed by atoms with van der Waals surface area (Å²) >= 11 is 3.31. The summed E-state index contributed by atoms with van der Waals surface area (Å²) in [5, 5.41) is 0. The molecule has 0 spiro atoms. The third-order valence-electron chi connectivity index (χ3n) is 4.40. The van der Waals surface area contributed by atoms with Crippen LogP contribution in [0.1, 0.15) is 0 Å². The number of ether oxygens (including phenoxy) is 1. The molecule has 140 valence electrons. The molecule has 8 heteroatoms. The summed E-state index contributed by atoms with van der Waals surface area (Å²) in [5.74, 6) is 0.737. The highest BCUT2D eigenvalue weighted by Crippen LogP contribution is 2.32. The highest BCUT2D eigenvalue weighted by Gasteiger charge is 2.20. The molecule has 0 unspecified atom stereocenters. The molecular formula is C18H22BrN3O3S. The van der Waals surface area contributed by atoms with E-state index in [1.807, 2.05) is 6.07 Å². The van der Waals surface area contributed by atoms with E-state index >= 15 is 0 Å². The normalized spacial score (nSPS) is 15.7. The topological polar surface area (TPSA) is 61.9 Å². The first kappa shape index (κ1) is 19.0. The lowest BCUT2D eigenvalue weighted by Gasteiger charge is -2.35. The molecule has 26 heavy (non-hydrogen) atoms. The van der Waals surface area contributed by atoms with Crippen molar-refractivity contribution in [3.05, 3.63) is 46.9 Å². The zero-order chi connectivity index (χ0) is 18.7. The second-order valence-corrected chi connectivity index (χ2v) is 8.83. The minimum atomic E-state index is -3.64. The largest absolute Gasteiger partial charge is 0.495 e. The molecule has 0 atom stereocenters. The molecule has 2 aromatic carbocycles. The van der Waals surface area contributed by atoms with Gasteiger partial charge in [-0.1, -0.05) is 15.9 Å². The highest BCUT2D eigenvalue weighted by molar-refractivity contribution is 9.10. The third-order valence-corrected chi connectivity index (χ3v) is 6.32. The number of hydrogen-bond acceptors (Lipinski definition) is 5. The van der Waals surface area contributed by atoms with Gasteiger partial charge >= 0.3 is 0 Å². The molecule has 1 saturated heterocycles. The van der Waals surface area contributed by atoms with E-state index in [2.05, 4.69) is 37.5 Å². The summed E-state index contributed by atoms with van der Waals surface area (Å²) in [6.07, 6.45) is 0. The van der Waals surface area contributed by atoms with Crippen LogP contribution >= 0.6 is 15.9 Å². The first-order chi connectivity index (χ1) is 12.4. The average molecular weight is 440 g/mol. The van der Waals surface area contributed by atoms with Gasteiger partial charge in [-0.15, -0.1) is 0 Å². The second kappa shape index (κ2) is 7.85. The maximum Gasteiger partial charge on any atom is 0.261 e. The number of anilines is 2. The Morgan fingerprint density at radius 2 is 1.69 bits per heavy atom. The molecule has 1 fully saturated rings. The van der Waals surface area contributed by atoms with Gasteiger partial charge in [-0.25, -0.2) is 8.42 Å². The van der Waals surface area contributed by atoms with E-state index in [1.54, 1.807) is 43.5 Å². The average Bonchev–Trinajstić information content (AvgIpc) is 2.62. The number of nitrogens with one attached hydrogen (secondary N) is 1. The molecule has 6 nitrogen and oxygen atoms in total. The lowest BCUT2D eigenvalue weighted by Crippen LogP contribution is -2.44. The van der Waals surface area contributed by atoms with Crippen LogP contribution in [0.5, 0.6) is 5.75 Å². The smallest absolute Gasteiger partial charge is 0.261 e. The standard InChI is InChI=1S/C18H22BrN3O3S/c1-21-9-11-22(12-10-21)17-13-15(5-8-18(17)25-2)20-26(23,24)16-6-3-14(19)4-7-16/h3-8,13,20H,9-12H2,1-2H3. The van der Waals surface area contributed by atoms with Crippen molar-refractivity contribution in [3.63, 3.8) is 0 Å². The van der Waals surface area contributed by atoms with Crippen molar-refractivity contribution in [1.82, 2.24) is 4.90 Å². The van der Waals surface area contributed by atoms with Gasteiger partial charge in [-0.2, -0.15) is 0 Å². The van der Waals surface area contributed by atoms with Gasteiger partial charge < -0.3 is 14.5 Å². The fourth-order valence-electron chi connectivity index (χ4n) is 2.88. The highest BCUT2D eigenvalue weighted by atomic mass is 79.9. The first-order valence-corrected chi connectivity index (χ1v) is 10.6. The van der Waals surface area contributed by atoms with Crippen molar-refractivity contribution in [2.24, 2.45) is 0 Å². The maximum atomic E-state index is 12.6. The van der Waals surface area contributed by atoms with Crippen LogP contribution < -0.4 is 14.4 Å². The van der Waals surface area contributed by atoms with E-state index in [1.165, 1.54) is 0 Å². The number of likely N-dealkylation sites (N-methyl/N-ethyl adjacent to an activating group) is 1. The molecule has 0 saturated carbocycles. The summed E-state index contributed by atoms with van der Waals surface area (Å²) < 4.78 is 34.2. The quantitative estimate of drug-likeness (QED) is 0.775. The Kier molecular flexibility index (Phi) is 5.74. The summed E-state index contributed by atoms with van der Waals surface area (Å²) in [4.78, 5) is 4.71. The van der Waals surface area contributed by atoms with Crippen LogP contribution in [0, 0.1) is 0 Å². The molecule has 2 aromatic rings. The van der Waals surface area contributed by atoms with Crippen LogP contribution in [0.3, 0.4) is 0 Å². The lowest BCUT2D eigenvalue weighted by atomic mass is 10.2. The van der Waals surface area contributed by atoms with Crippen LogP contribution in [0.15, 0.2) is 51.8 Å². The van der Waals surface area contributed by atoms with E-state index in [0.29, 0.717) is 5.69 Å². The predicted octanol–water partition coefficient (Wildman–Crippen LogP) is 3.01. The van der Waals surface area contributed by atoms with Gasteiger partial charge in [0, 0.05) is 30.7 Å². The summed E-state index contributed by atoms with van der Waals surface area (Å²) in [7, 11) is 0.0758. The van der Waals surface area contributed by atoms with Gasteiger partial charge in [0.2, 0.25) is 0 Å². The Balaban J connectivity index is 1.86. The van der Waals surface area contributed by atoms with Crippen LogP contribution in [0.2, 0.25) is 0 Å². The van der Waals surface area contributed by atoms with Crippen molar-refractivity contribution in [1.29, 1.82) is 0 Å². The molecule has 1 heterocycles. The van der Waals surface area contributed by atoms with E-state index in [4.69, 9.17) is 4.74 Å². The molecule has 1 aliphatic heterocycles. The van der Waals surface area contributed by atoms with Crippen LogP contribution in [0.4, 0.5) is 11.4 Å². The minimum Gasteiger partial charge on any atom is -0.495 e. The Labute approximate surface area is 162 Å². The molecule has 0 bridgehead atoms.